The monoisotopic (exact) mass is 278 g/mol. The molecule has 1 fully saturated rings. The summed E-state index contributed by atoms with van der Waals surface area (Å²) < 4.78 is 2.86. The fourth-order valence-corrected chi connectivity index (χ4v) is 3.68. The van der Waals surface area contributed by atoms with Gasteiger partial charge in [0.1, 0.15) is 0 Å². The van der Waals surface area contributed by atoms with E-state index in [1.165, 1.54) is 18.6 Å². The summed E-state index contributed by atoms with van der Waals surface area (Å²) in [7, 11) is 0. The second-order valence-corrected chi connectivity index (χ2v) is 5.87. The average Bonchev–Trinajstić information content (AvgIpc) is 2.83. The highest BCUT2D eigenvalue weighted by Crippen LogP contribution is 2.30. The summed E-state index contributed by atoms with van der Waals surface area (Å²) in [4.78, 5) is 4.15. The molecule has 3 heterocycles. The van der Waals surface area contributed by atoms with E-state index in [1.807, 2.05) is 30.1 Å². The van der Waals surface area contributed by atoms with Crippen LogP contribution >= 0.6 is 24.0 Å². The maximum absolute atomic E-state index is 5.37. The second kappa shape index (κ2) is 5.24. The van der Waals surface area contributed by atoms with Crippen LogP contribution in [0.4, 0.5) is 0 Å². The van der Waals surface area contributed by atoms with E-state index >= 15 is 0 Å². The lowest BCUT2D eigenvalue weighted by atomic mass is 10.1. The Morgan fingerprint density at radius 2 is 2.44 bits per heavy atom. The van der Waals surface area contributed by atoms with Gasteiger partial charge in [-0.3, -0.25) is 14.6 Å². The Kier molecular flexibility index (Phi) is 3.47. The molecule has 18 heavy (non-hydrogen) atoms. The number of nitrogens with zero attached hydrogens (tertiary/aromatic N) is 3. The van der Waals surface area contributed by atoms with Crippen LogP contribution in [0.1, 0.15) is 18.9 Å². The molecule has 1 atom stereocenters. The van der Waals surface area contributed by atoms with Crippen LogP contribution in [0.3, 0.4) is 0 Å². The molecule has 4 nitrogen and oxygen atoms in total. The number of pyridine rings is 1. The molecule has 0 amide bonds. The minimum Gasteiger partial charge on any atom is -0.296 e. The van der Waals surface area contributed by atoms with Crippen molar-refractivity contribution in [3.63, 3.8) is 0 Å². The van der Waals surface area contributed by atoms with Crippen LogP contribution in [0.15, 0.2) is 24.5 Å². The molecule has 1 saturated heterocycles. The number of hydrogen-bond acceptors (Lipinski definition) is 4. The highest BCUT2D eigenvalue weighted by molar-refractivity contribution is 7.99. The highest BCUT2D eigenvalue weighted by atomic mass is 32.2. The first-order chi connectivity index (χ1) is 8.86. The summed E-state index contributed by atoms with van der Waals surface area (Å²) >= 11 is 7.36. The van der Waals surface area contributed by atoms with E-state index in [9.17, 15) is 0 Å². The zero-order chi connectivity index (χ0) is 12.4. The molecule has 6 heteroatoms. The number of aromatic nitrogens is 4. The smallest absolute Gasteiger partial charge is 0.195 e. The summed E-state index contributed by atoms with van der Waals surface area (Å²) in [5.41, 5.74) is 1.01. The quantitative estimate of drug-likeness (QED) is 0.858. The molecule has 0 saturated carbocycles. The molecule has 0 aromatic carbocycles. The second-order valence-electron chi connectivity index (χ2n) is 4.34. The van der Waals surface area contributed by atoms with E-state index < -0.39 is 0 Å². The fraction of sp³-hybridized carbons (Fsp3) is 0.417. The molecule has 1 aliphatic heterocycles. The summed E-state index contributed by atoms with van der Waals surface area (Å²) in [6.45, 7) is 0. The predicted molar refractivity (Wildman–Crippen MR) is 76.2 cm³/mol. The third-order valence-corrected chi connectivity index (χ3v) is 4.61. The molecule has 0 radical (unpaired) electrons. The lowest BCUT2D eigenvalue weighted by Crippen LogP contribution is -2.17. The van der Waals surface area contributed by atoms with E-state index in [-0.39, 0.29) is 0 Å². The Morgan fingerprint density at radius 1 is 1.50 bits per heavy atom. The van der Waals surface area contributed by atoms with Gasteiger partial charge >= 0.3 is 0 Å². The highest BCUT2D eigenvalue weighted by Gasteiger charge is 2.20. The van der Waals surface area contributed by atoms with Crippen LogP contribution in [0.5, 0.6) is 0 Å². The fourth-order valence-electron chi connectivity index (χ4n) is 2.27. The van der Waals surface area contributed by atoms with Gasteiger partial charge in [-0.2, -0.15) is 16.9 Å². The molecular weight excluding hydrogens is 264 g/mol. The van der Waals surface area contributed by atoms with Gasteiger partial charge in [0.05, 0.1) is 0 Å². The SMILES string of the molecule is S=c1[nH]nc(-c2cccnc2)n1C1CCCSC1. The van der Waals surface area contributed by atoms with Gasteiger partial charge in [-0.25, -0.2) is 0 Å². The van der Waals surface area contributed by atoms with Crippen LogP contribution in [0.2, 0.25) is 0 Å². The first kappa shape index (κ1) is 11.9. The van der Waals surface area contributed by atoms with Crippen LogP contribution in [0.25, 0.3) is 11.4 Å². The van der Waals surface area contributed by atoms with Gasteiger partial charge in [-0.1, -0.05) is 0 Å². The van der Waals surface area contributed by atoms with Crippen molar-refractivity contribution in [3.05, 3.63) is 29.3 Å². The maximum Gasteiger partial charge on any atom is 0.195 e. The van der Waals surface area contributed by atoms with E-state index in [0.29, 0.717) is 10.8 Å². The van der Waals surface area contributed by atoms with Gasteiger partial charge in [0.2, 0.25) is 0 Å². The molecule has 0 spiro atoms. The van der Waals surface area contributed by atoms with Crippen LogP contribution in [0, 0.1) is 4.77 Å². The molecule has 0 aliphatic carbocycles. The average molecular weight is 278 g/mol. The molecule has 0 bridgehead atoms. The molecule has 94 valence electrons. The molecule has 1 unspecified atom stereocenters. The number of thioether (sulfide) groups is 1. The van der Waals surface area contributed by atoms with Gasteiger partial charge < -0.3 is 0 Å². The Labute approximate surface area is 115 Å². The summed E-state index contributed by atoms with van der Waals surface area (Å²) in [5.74, 6) is 3.27. The predicted octanol–water partition coefficient (Wildman–Crippen LogP) is 3.07. The van der Waals surface area contributed by atoms with Gasteiger partial charge in [0, 0.05) is 29.8 Å². The number of nitrogens with one attached hydrogen (secondary N) is 1. The van der Waals surface area contributed by atoms with Crippen molar-refractivity contribution in [2.24, 2.45) is 0 Å². The van der Waals surface area contributed by atoms with E-state index in [1.54, 1.807) is 6.20 Å². The van der Waals surface area contributed by atoms with Crippen molar-refractivity contribution in [2.75, 3.05) is 11.5 Å². The van der Waals surface area contributed by atoms with Crippen LogP contribution in [-0.2, 0) is 0 Å². The zero-order valence-corrected chi connectivity index (χ0v) is 11.5. The largest absolute Gasteiger partial charge is 0.296 e. The Morgan fingerprint density at radius 3 is 3.17 bits per heavy atom. The van der Waals surface area contributed by atoms with Crippen molar-refractivity contribution in [1.82, 2.24) is 19.7 Å². The van der Waals surface area contributed by atoms with E-state index in [4.69, 9.17) is 12.2 Å². The molecule has 1 aliphatic rings. The Balaban J connectivity index is 2.03. The first-order valence-electron chi connectivity index (χ1n) is 6.01. The Bertz CT molecular complexity index is 569. The normalized spacial score (nSPS) is 19.9. The molecule has 2 aromatic rings. The summed E-state index contributed by atoms with van der Waals surface area (Å²) in [6.07, 6.45) is 6.02. The maximum atomic E-state index is 5.37. The van der Waals surface area contributed by atoms with Crippen molar-refractivity contribution in [3.8, 4) is 11.4 Å². The van der Waals surface area contributed by atoms with Gasteiger partial charge in [0.15, 0.2) is 10.6 Å². The van der Waals surface area contributed by atoms with E-state index in [2.05, 4.69) is 19.7 Å². The minimum absolute atomic E-state index is 0.449. The van der Waals surface area contributed by atoms with Gasteiger partial charge in [0.25, 0.3) is 0 Å². The molecule has 1 N–H and O–H groups in total. The summed E-state index contributed by atoms with van der Waals surface area (Å²) in [5, 5.41) is 7.27. The number of aromatic amines is 1. The Hall–Kier alpha value is -1.14. The molecule has 2 aromatic heterocycles. The van der Waals surface area contributed by atoms with Crippen LogP contribution in [-0.4, -0.2) is 31.3 Å². The lowest BCUT2D eigenvalue weighted by Gasteiger charge is -2.23. The number of hydrogen-bond donors (Lipinski definition) is 1. The third-order valence-electron chi connectivity index (χ3n) is 3.13. The summed E-state index contributed by atoms with van der Waals surface area (Å²) in [6, 6.07) is 4.39. The van der Waals surface area contributed by atoms with Gasteiger partial charge in [-0.05, 0) is 42.9 Å². The van der Waals surface area contributed by atoms with Crippen molar-refractivity contribution in [1.29, 1.82) is 0 Å². The number of H-pyrrole nitrogens is 1. The third kappa shape index (κ3) is 2.22. The van der Waals surface area contributed by atoms with E-state index in [0.717, 1.165) is 17.1 Å². The van der Waals surface area contributed by atoms with Gasteiger partial charge in [-0.15, -0.1) is 0 Å². The molecule has 3 rings (SSSR count). The van der Waals surface area contributed by atoms with Crippen molar-refractivity contribution in [2.45, 2.75) is 18.9 Å². The zero-order valence-electron chi connectivity index (χ0n) is 9.87. The van der Waals surface area contributed by atoms with Crippen molar-refractivity contribution < 1.29 is 0 Å². The number of rotatable bonds is 2. The minimum atomic E-state index is 0.449. The van der Waals surface area contributed by atoms with Crippen molar-refractivity contribution >= 4 is 24.0 Å². The lowest BCUT2D eigenvalue weighted by molar-refractivity contribution is 0.498. The van der Waals surface area contributed by atoms with Crippen LogP contribution < -0.4 is 0 Å². The standard InChI is InChI=1S/C12H14N4S2/c17-12-15-14-11(9-3-1-5-13-7-9)16(12)10-4-2-6-18-8-10/h1,3,5,7,10H,2,4,6,8H2,(H,15,17). The topological polar surface area (TPSA) is 46.5 Å². The molecular formula is C12H14N4S2. The first-order valence-corrected chi connectivity index (χ1v) is 7.57.